The molecule has 0 radical (unpaired) electrons. The number of hydrogen-bond donors (Lipinski definition) is 2. The summed E-state index contributed by atoms with van der Waals surface area (Å²) >= 11 is 0. The minimum Gasteiger partial charge on any atom is -0.480 e. The van der Waals surface area contributed by atoms with Gasteiger partial charge in [-0.05, 0) is 19.0 Å². The molecule has 0 aromatic rings. The molecule has 0 saturated carbocycles. The standard InChI is InChI=1S/C8H15NO2/c1-3-5-6-9-7(4-2)8(10)11/h5-7,9H,3-4H2,1-2H3,(H,10,11)/b6-5+/t7-/m1/s1. The first-order valence-corrected chi connectivity index (χ1v) is 3.86. The summed E-state index contributed by atoms with van der Waals surface area (Å²) in [6.07, 6.45) is 5.11. The Morgan fingerprint density at radius 1 is 1.64 bits per heavy atom. The van der Waals surface area contributed by atoms with Gasteiger partial charge in [-0.25, -0.2) is 4.79 Å². The normalized spacial score (nSPS) is 13.3. The summed E-state index contributed by atoms with van der Waals surface area (Å²) < 4.78 is 0. The number of aliphatic carboxylic acids is 1. The van der Waals surface area contributed by atoms with Gasteiger partial charge in [0.15, 0.2) is 0 Å². The van der Waals surface area contributed by atoms with Crippen molar-refractivity contribution in [3.8, 4) is 0 Å². The fraction of sp³-hybridized carbons (Fsp3) is 0.625. The van der Waals surface area contributed by atoms with E-state index in [2.05, 4.69) is 5.32 Å². The van der Waals surface area contributed by atoms with E-state index in [0.717, 1.165) is 6.42 Å². The van der Waals surface area contributed by atoms with Crippen LogP contribution in [-0.4, -0.2) is 17.1 Å². The zero-order chi connectivity index (χ0) is 8.69. The highest BCUT2D eigenvalue weighted by molar-refractivity contribution is 5.73. The van der Waals surface area contributed by atoms with Gasteiger partial charge >= 0.3 is 5.97 Å². The monoisotopic (exact) mass is 157 g/mol. The van der Waals surface area contributed by atoms with E-state index in [4.69, 9.17) is 5.11 Å². The average Bonchev–Trinajstić information content (AvgIpc) is 1.97. The van der Waals surface area contributed by atoms with Crippen LogP contribution in [-0.2, 0) is 4.79 Å². The average molecular weight is 157 g/mol. The Kier molecular flexibility index (Phi) is 5.25. The Hall–Kier alpha value is -0.990. The Balaban J connectivity index is 3.69. The van der Waals surface area contributed by atoms with Gasteiger partial charge in [0.05, 0.1) is 0 Å². The Morgan fingerprint density at radius 3 is 2.64 bits per heavy atom. The molecule has 1 atom stereocenters. The number of nitrogens with one attached hydrogen (secondary N) is 1. The summed E-state index contributed by atoms with van der Waals surface area (Å²) in [5.74, 6) is -0.798. The lowest BCUT2D eigenvalue weighted by Gasteiger charge is -2.08. The summed E-state index contributed by atoms with van der Waals surface area (Å²) in [4.78, 5) is 10.4. The highest BCUT2D eigenvalue weighted by atomic mass is 16.4. The maximum absolute atomic E-state index is 10.4. The van der Waals surface area contributed by atoms with Crippen LogP contribution in [0.2, 0.25) is 0 Å². The molecule has 0 spiro atoms. The fourth-order valence-electron chi connectivity index (χ4n) is 0.666. The van der Waals surface area contributed by atoms with E-state index in [1.165, 1.54) is 0 Å². The van der Waals surface area contributed by atoms with Crippen molar-refractivity contribution >= 4 is 5.97 Å². The lowest BCUT2D eigenvalue weighted by molar-refractivity contribution is -0.139. The third-order valence-corrected chi connectivity index (χ3v) is 1.36. The van der Waals surface area contributed by atoms with E-state index in [1.807, 2.05) is 19.9 Å². The van der Waals surface area contributed by atoms with E-state index >= 15 is 0 Å². The molecule has 0 aromatic heterocycles. The quantitative estimate of drug-likeness (QED) is 0.633. The zero-order valence-electron chi connectivity index (χ0n) is 7.00. The summed E-state index contributed by atoms with van der Waals surface area (Å²) in [6.45, 7) is 3.84. The van der Waals surface area contributed by atoms with Crippen molar-refractivity contribution in [3.05, 3.63) is 12.3 Å². The second-order valence-electron chi connectivity index (χ2n) is 2.28. The van der Waals surface area contributed by atoms with Crippen LogP contribution in [0.4, 0.5) is 0 Å². The molecule has 0 aliphatic rings. The first-order chi connectivity index (χ1) is 5.22. The predicted molar refractivity (Wildman–Crippen MR) is 44.3 cm³/mol. The van der Waals surface area contributed by atoms with Gasteiger partial charge in [-0.3, -0.25) is 0 Å². The number of carboxylic acids is 1. The highest BCUT2D eigenvalue weighted by Gasteiger charge is 2.10. The Morgan fingerprint density at radius 2 is 2.27 bits per heavy atom. The van der Waals surface area contributed by atoms with Gasteiger partial charge in [0, 0.05) is 0 Å². The molecule has 3 heteroatoms. The van der Waals surface area contributed by atoms with Crippen LogP contribution in [0.5, 0.6) is 0 Å². The third-order valence-electron chi connectivity index (χ3n) is 1.36. The predicted octanol–water partition coefficient (Wildman–Crippen LogP) is 1.36. The van der Waals surface area contributed by atoms with Crippen LogP contribution in [0, 0.1) is 0 Å². The van der Waals surface area contributed by atoms with Gasteiger partial charge in [0.2, 0.25) is 0 Å². The number of rotatable bonds is 5. The van der Waals surface area contributed by atoms with Gasteiger partial charge in [-0.1, -0.05) is 19.9 Å². The molecule has 0 fully saturated rings. The molecule has 3 nitrogen and oxygen atoms in total. The van der Waals surface area contributed by atoms with Crippen LogP contribution in [0.25, 0.3) is 0 Å². The molecular weight excluding hydrogens is 142 g/mol. The molecule has 0 aliphatic heterocycles. The van der Waals surface area contributed by atoms with Crippen molar-refractivity contribution in [2.24, 2.45) is 0 Å². The van der Waals surface area contributed by atoms with Crippen LogP contribution in [0.3, 0.4) is 0 Å². The molecule has 64 valence electrons. The van der Waals surface area contributed by atoms with E-state index in [-0.39, 0.29) is 0 Å². The summed E-state index contributed by atoms with van der Waals surface area (Å²) in [7, 11) is 0. The first-order valence-electron chi connectivity index (χ1n) is 3.86. The van der Waals surface area contributed by atoms with Gasteiger partial charge in [0.25, 0.3) is 0 Å². The van der Waals surface area contributed by atoms with Gasteiger partial charge in [-0.2, -0.15) is 0 Å². The molecule has 0 heterocycles. The zero-order valence-corrected chi connectivity index (χ0v) is 7.00. The van der Waals surface area contributed by atoms with Crippen molar-refractivity contribution in [2.75, 3.05) is 0 Å². The van der Waals surface area contributed by atoms with Crippen LogP contribution in [0.1, 0.15) is 26.7 Å². The number of hydrogen-bond acceptors (Lipinski definition) is 2. The lowest BCUT2D eigenvalue weighted by Crippen LogP contribution is -2.32. The molecule has 11 heavy (non-hydrogen) atoms. The van der Waals surface area contributed by atoms with Crippen molar-refractivity contribution in [1.82, 2.24) is 5.32 Å². The van der Waals surface area contributed by atoms with Crippen molar-refractivity contribution in [2.45, 2.75) is 32.7 Å². The minimum atomic E-state index is -0.798. The number of carboxylic acid groups (broad SMARTS) is 1. The van der Waals surface area contributed by atoms with Crippen molar-refractivity contribution in [3.63, 3.8) is 0 Å². The SMILES string of the molecule is CC/C=C/N[C@H](CC)C(=O)O. The van der Waals surface area contributed by atoms with Gasteiger partial charge in [-0.15, -0.1) is 0 Å². The second-order valence-corrected chi connectivity index (χ2v) is 2.28. The van der Waals surface area contributed by atoms with Crippen molar-refractivity contribution < 1.29 is 9.90 Å². The van der Waals surface area contributed by atoms with Crippen molar-refractivity contribution in [1.29, 1.82) is 0 Å². The summed E-state index contributed by atoms with van der Waals surface area (Å²) in [5.41, 5.74) is 0. The molecule has 0 bridgehead atoms. The highest BCUT2D eigenvalue weighted by Crippen LogP contribution is 1.90. The first kappa shape index (κ1) is 10.0. The molecular formula is C8H15NO2. The van der Waals surface area contributed by atoms with Crippen LogP contribution < -0.4 is 5.32 Å². The van der Waals surface area contributed by atoms with E-state index in [1.54, 1.807) is 6.20 Å². The maximum atomic E-state index is 10.4. The van der Waals surface area contributed by atoms with E-state index in [0.29, 0.717) is 6.42 Å². The summed E-state index contributed by atoms with van der Waals surface area (Å²) in [6, 6.07) is -0.446. The number of allylic oxidation sites excluding steroid dienone is 1. The molecule has 0 saturated heterocycles. The van der Waals surface area contributed by atoms with Crippen LogP contribution in [0.15, 0.2) is 12.3 Å². The van der Waals surface area contributed by atoms with E-state index < -0.39 is 12.0 Å². The summed E-state index contributed by atoms with van der Waals surface area (Å²) in [5, 5.41) is 11.4. The smallest absolute Gasteiger partial charge is 0.326 e. The van der Waals surface area contributed by atoms with Gasteiger partial charge < -0.3 is 10.4 Å². The number of carbonyl (C=O) groups is 1. The molecule has 0 amide bonds. The maximum Gasteiger partial charge on any atom is 0.326 e. The lowest BCUT2D eigenvalue weighted by atomic mass is 10.2. The third kappa shape index (κ3) is 4.42. The Labute approximate surface area is 67.1 Å². The second kappa shape index (κ2) is 5.77. The molecule has 2 N–H and O–H groups in total. The molecule has 0 rings (SSSR count). The molecule has 0 aliphatic carbocycles. The van der Waals surface area contributed by atoms with Gasteiger partial charge in [0.1, 0.15) is 6.04 Å². The van der Waals surface area contributed by atoms with Crippen LogP contribution >= 0.6 is 0 Å². The largest absolute Gasteiger partial charge is 0.480 e. The Bertz CT molecular complexity index is 143. The fourth-order valence-corrected chi connectivity index (χ4v) is 0.666. The van der Waals surface area contributed by atoms with E-state index in [9.17, 15) is 4.79 Å². The molecule has 0 aromatic carbocycles. The molecule has 0 unspecified atom stereocenters. The minimum absolute atomic E-state index is 0.446. The topological polar surface area (TPSA) is 49.3 Å².